The highest BCUT2D eigenvalue weighted by atomic mass is 19.1. The van der Waals surface area contributed by atoms with Gasteiger partial charge in [0.1, 0.15) is 6.23 Å². The Hall–Kier alpha value is -1.40. The van der Waals surface area contributed by atoms with Crippen LogP contribution in [0.3, 0.4) is 0 Å². The first-order valence-corrected chi connectivity index (χ1v) is 5.79. The number of aryl methyl sites for hydroxylation is 1. The lowest BCUT2D eigenvalue weighted by Gasteiger charge is -2.22. The lowest BCUT2D eigenvalue weighted by molar-refractivity contribution is 0.148. The molecule has 0 aliphatic rings. The van der Waals surface area contributed by atoms with Crippen molar-refractivity contribution in [2.24, 2.45) is 7.05 Å². The zero-order chi connectivity index (χ0) is 13.9. The van der Waals surface area contributed by atoms with Crippen molar-refractivity contribution in [3.63, 3.8) is 0 Å². The van der Waals surface area contributed by atoms with Crippen LogP contribution in [0.2, 0.25) is 0 Å². The Morgan fingerprint density at radius 2 is 2.11 bits per heavy atom. The monoisotopic (exact) mass is 256 g/mol. The fourth-order valence-corrected chi connectivity index (χ4v) is 1.43. The van der Waals surface area contributed by atoms with Gasteiger partial charge in [0.05, 0.1) is 0 Å². The first-order valence-electron chi connectivity index (χ1n) is 5.79. The topological polar surface area (TPSA) is 62.1 Å². The van der Waals surface area contributed by atoms with Gasteiger partial charge in [-0.3, -0.25) is 16.0 Å². The molecule has 1 rings (SSSR count). The molecule has 0 aromatic carbocycles. The molecule has 6 heteroatoms. The summed E-state index contributed by atoms with van der Waals surface area (Å²) in [6.45, 7) is 3.25. The summed E-state index contributed by atoms with van der Waals surface area (Å²) in [7, 11) is 4.99. The van der Waals surface area contributed by atoms with E-state index in [9.17, 15) is 4.39 Å². The minimum atomic E-state index is -1.66. The van der Waals surface area contributed by atoms with E-state index in [0.717, 1.165) is 0 Å². The Morgan fingerprint density at radius 3 is 2.61 bits per heavy atom. The van der Waals surface area contributed by atoms with Crippen molar-refractivity contribution in [1.29, 1.82) is 5.41 Å². The number of nitrogens with zero attached hydrogens (tertiary/aromatic N) is 1. The second kappa shape index (κ2) is 5.49. The fourth-order valence-electron chi connectivity index (χ4n) is 1.43. The van der Waals surface area contributed by atoms with Gasteiger partial charge in [-0.05, 0) is 34.0 Å². The Balaban J connectivity index is 3.23. The summed E-state index contributed by atoms with van der Waals surface area (Å²) in [6, 6.07) is 1.55. The molecule has 0 radical (unpaired) electrons. The summed E-state index contributed by atoms with van der Waals surface area (Å²) in [5, 5.41) is 13.4. The van der Waals surface area contributed by atoms with Gasteiger partial charge in [-0.2, -0.15) is 0 Å². The molecule has 0 saturated carbocycles. The van der Waals surface area contributed by atoms with Gasteiger partial charge in [-0.15, -0.1) is 0 Å². The molecular formula is C12H21FN4O. The fraction of sp³-hybridized carbons (Fsp3) is 0.583. The lowest BCUT2D eigenvalue weighted by atomic mass is 10.1. The molecule has 0 aliphatic heterocycles. The summed E-state index contributed by atoms with van der Waals surface area (Å²) in [5.74, 6) is -1.32. The quantitative estimate of drug-likeness (QED) is 0.539. The Morgan fingerprint density at radius 1 is 1.50 bits per heavy atom. The van der Waals surface area contributed by atoms with E-state index >= 15 is 0 Å². The minimum Gasteiger partial charge on any atom is -0.472 e. The van der Waals surface area contributed by atoms with Crippen LogP contribution in [0, 0.1) is 5.41 Å². The molecule has 1 aromatic rings. The van der Waals surface area contributed by atoms with E-state index in [0.29, 0.717) is 11.3 Å². The third-order valence-corrected chi connectivity index (χ3v) is 2.93. The zero-order valence-corrected chi connectivity index (χ0v) is 11.5. The SMILES string of the molecule is CNC(C)Oc1cc(C(C)(F)NC)cn(C)c1=N. The largest absolute Gasteiger partial charge is 0.472 e. The first kappa shape index (κ1) is 14.7. The standard InChI is InChI=1S/C12H21FN4O/c1-8(15-3)18-10-6-9(12(2,13)16-4)7-17(5)11(10)14/h6-8,14-16H,1-5H3. The van der Waals surface area contributed by atoms with Crippen LogP contribution in [-0.2, 0) is 12.8 Å². The van der Waals surface area contributed by atoms with E-state index in [4.69, 9.17) is 10.1 Å². The van der Waals surface area contributed by atoms with Gasteiger partial charge in [0.25, 0.3) is 0 Å². The van der Waals surface area contributed by atoms with Crippen molar-refractivity contribution in [2.45, 2.75) is 25.9 Å². The van der Waals surface area contributed by atoms with E-state index in [-0.39, 0.29) is 11.7 Å². The highest BCUT2D eigenvalue weighted by Crippen LogP contribution is 2.23. The predicted octanol–water partition coefficient (Wildman–Crippen LogP) is 0.810. The average Bonchev–Trinajstić information content (AvgIpc) is 2.34. The molecule has 0 aliphatic carbocycles. The van der Waals surface area contributed by atoms with Gasteiger partial charge in [-0.25, -0.2) is 4.39 Å². The lowest BCUT2D eigenvalue weighted by Crippen LogP contribution is -2.35. The van der Waals surface area contributed by atoms with Gasteiger partial charge < -0.3 is 9.30 Å². The van der Waals surface area contributed by atoms with Crippen molar-refractivity contribution in [3.05, 3.63) is 23.3 Å². The highest BCUT2D eigenvalue weighted by molar-refractivity contribution is 5.27. The number of pyridine rings is 1. The third kappa shape index (κ3) is 3.08. The number of alkyl halides is 1. The maximum absolute atomic E-state index is 14.2. The maximum atomic E-state index is 14.2. The summed E-state index contributed by atoms with van der Waals surface area (Å²) in [4.78, 5) is 0. The maximum Gasteiger partial charge on any atom is 0.185 e. The number of hydrogen-bond acceptors (Lipinski definition) is 4. The summed E-state index contributed by atoms with van der Waals surface area (Å²) >= 11 is 0. The molecular weight excluding hydrogens is 235 g/mol. The molecule has 102 valence electrons. The van der Waals surface area contributed by atoms with Crippen molar-refractivity contribution in [3.8, 4) is 5.75 Å². The third-order valence-electron chi connectivity index (χ3n) is 2.93. The molecule has 1 heterocycles. The second-order valence-electron chi connectivity index (χ2n) is 4.35. The van der Waals surface area contributed by atoms with Gasteiger partial charge in [0, 0.05) is 18.8 Å². The molecule has 0 saturated heterocycles. The summed E-state index contributed by atoms with van der Waals surface area (Å²) in [5.41, 5.74) is 0.620. The first-order chi connectivity index (χ1) is 8.31. The van der Waals surface area contributed by atoms with Gasteiger partial charge in [0.15, 0.2) is 17.0 Å². The van der Waals surface area contributed by atoms with Crippen LogP contribution in [0.25, 0.3) is 0 Å². The number of rotatable bonds is 5. The molecule has 1 aromatic heterocycles. The van der Waals surface area contributed by atoms with E-state index in [1.165, 1.54) is 11.5 Å². The van der Waals surface area contributed by atoms with Gasteiger partial charge >= 0.3 is 0 Å². The molecule has 2 atom stereocenters. The predicted molar refractivity (Wildman–Crippen MR) is 67.9 cm³/mol. The van der Waals surface area contributed by atoms with Crippen LogP contribution in [0.4, 0.5) is 4.39 Å². The number of ether oxygens (including phenoxy) is 1. The van der Waals surface area contributed by atoms with Crippen LogP contribution >= 0.6 is 0 Å². The molecule has 3 N–H and O–H groups in total. The van der Waals surface area contributed by atoms with Crippen molar-refractivity contribution in [2.75, 3.05) is 14.1 Å². The Kier molecular flexibility index (Phi) is 4.48. The number of aromatic nitrogens is 1. The van der Waals surface area contributed by atoms with Crippen molar-refractivity contribution in [1.82, 2.24) is 15.2 Å². The zero-order valence-electron chi connectivity index (χ0n) is 11.5. The molecule has 0 amide bonds. The number of nitrogens with one attached hydrogen (secondary N) is 3. The van der Waals surface area contributed by atoms with Crippen LogP contribution in [-0.4, -0.2) is 24.9 Å². The highest BCUT2D eigenvalue weighted by Gasteiger charge is 2.25. The molecule has 0 spiro atoms. The van der Waals surface area contributed by atoms with Crippen LogP contribution in [0.1, 0.15) is 19.4 Å². The Bertz CT molecular complexity index is 470. The summed E-state index contributed by atoms with van der Waals surface area (Å²) in [6.07, 6.45) is 1.33. The molecule has 0 bridgehead atoms. The minimum absolute atomic E-state index is 0.202. The number of hydrogen-bond donors (Lipinski definition) is 3. The van der Waals surface area contributed by atoms with E-state index in [1.807, 2.05) is 6.92 Å². The van der Waals surface area contributed by atoms with Crippen LogP contribution in [0.5, 0.6) is 5.75 Å². The summed E-state index contributed by atoms with van der Waals surface area (Å²) < 4.78 is 21.3. The van der Waals surface area contributed by atoms with Crippen LogP contribution in [0.15, 0.2) is 12.3 Å². The average molecular weight is 256 g/mol. The molecule has 18 heavy (non-hydrogen) atoms. The normalized spacial score (nSPS) is 16.1. The molecule has 2 unspecified atom stereocenters. The van der Waals surface area contributed by atoms with Crippen molar-refractivity contribution >= 4 is 0 Å². The van der Waals surface area contributed by atoms with Gasteiger partial charge in [-0.1, -0.05) is 0 Å². The van der Waals surface area contributed by atoms with Crippen LogP contribution < -0.4 is 20.9 Å². The van der Waals surface area contributed by atoms with E-state index in [2.05, 4.69) is 10.6 Å². The van der Waals surface area contributed by atoms with Crippen molar-refractivity contribution < 1.29 is 9.13 Å². The van der Waals surface area contributed by atoms with E-state index in [1.54, 1.807) is 33.4 Å². The smallest absolute Gasteiger partial charge is 0.185 e. The molecule has 5 nitrogen and oxygen atoms in total. The van der Waals surface area contributed by atoms with Gasteiger partial charge in [0.2, 0.25) is 0 Å². The van der Waals surface area contributed by atoms with E-state index < -0.39 is 5.79 Å². The molecule has 0 fully saturated rings. The number of halogens is 1. The second-order valence-corrected chi connectivity index (χ2v) is 4.35. The Labute approximate surface area is 106 Å².